The highest BCUT2D eigenvalue weighted by molar-refractivity contribution is 5.88. The molecule has 2 aromatic carbocycles. The molecular formula is C23H28FN3O3. The van der Waals surface area contributed by atoms with Crippen LogP contribution in [-0.4, -0.2) is 49.5 Å². The van der Waals surface area contributed by atoms with Crippen LogP contribution in [0.2, 0.25) is 0 Å². The van der Waals surface area contributed by atoms with Crippen LogP contribution < -0.4 is 15.4 Å². The van der Waals surface area contributed by atoms with Crippen LogP contribution in [0.15, 0.2) is 42.5 Å². The molecule has 1 aliphatic rings. The number of piperazine rings is 1. The summed E-state index contributed by atoms with van der Waals surface area (Å²) in [6, 6.07) is 11.7. The number of benzene rings is 2. The number of methoxy groups -OCH3 is 1. The van der Waals surface area contributed by atoms with Gasteiger partial charge in [0.05, 0.1) is 19.6 Å². The molecule has 30 heavy (non-hydrogen) atoms. The van der Waals surface area contributed by atoms with E-state index in [0.717, 1.165) is 22.4 Å². The van der Waals surface area contributed by atoms with Gasteiger partial charge in [-0.15, -0.1) is 0 Å². The van der Waals surface area contributed by atoms with E-state index in [9.17, 15) is 14.0 Å². The zero-order valence-electron chi connectivity index (χ0n) is 17.4. The predicted molar refractivity (Wildman–Crippen MR) is 113 cm³/mol. The molecule has 3 rings (SSSR count). The standard InChI is InChI=1S/C23H28FN3O3/c1-16-13-18(5-8-21(16)30-2)15-27-12-11-26-23(29)20(27)14-22(28)25-10-9-17-3-6-19(24)7-4-17/h3-8,13,20H,9-12,14-15H2,1-2H3,(H,25,28)(H,26,29). The van der Waals surface area contributed by atoms with Crippen molar-refractivity contribution in [2.24, 2.45) is 0 Å². The van der Waals surface area contributed by atoms with E-state index in [1.807, 2.05) is 30.0 Å². The second-order valence-electron chi connectivity index (χ2n) is 7.51. The van der Waals surface area contributed by atoms with Crippen LogP contribution in [0.3, 0.4) is 0 Å². The van der Waals surface area contributed by atoms with Crippen molar-refractivity contribution in [3.8, 4) is 5.75 Å². The Balaban J connectivity index is 1.56. The van der Waals surface area contributed by atoms with Crippen LogP contribution >= 0.6 is 0 Å². The van der Waals surface area contributed by atoms with Crippen molar-refractivity contribution < 1.29 is 18.7 Å². The van der Waals surface area contributed by atoms with Gasteiger partial charge in [0.2, 0.25) is 11.8 Å². The van der Waals surface area contributed by atoms with Crippen LogP contribution in [0.4, 0.5) is 4.39 Å². The van der Waals surface area contributed by atoms with Gasteiger partial charge in [-0.05, 0) is 48.2 Å². The summed E-state index contributed by atoms with van der Waals surface area (Å²) in [5, 5.41) is 5.72. The van der Waals surface area contributed by atoms with E-state index in [4.69, 9.17) is 4.74 Å². The minimum atomic E-state index is -0.507. The molecule has 1 unspecified atom stereocenters. The van der Waals surface area contributed by atoms with Crippen LogP contribution in [0, 0.1) is 12.7 Å². The van der Waals surface area contributed by atoms with E-state index in [2.05, 4.69) is 10.6 Å². The maximum absolute atomic E-state index is 13.0. The first-order chi connectivity index (χ1) is 14.5. The van der Waals surface area contributed by atoms with Crippen LogP contribution in [0.5, 0.6) is 5.75 Å². The molecule has 1 saturated heterocycles. The predicted octanol–water partition coefficient (Wildman–Crippen LogP) is 2.19. The van der Waals surface area contributed by atoms with E-state index >= 15 is 0 Å². The zero-order valence-corrected chi connectivity index (χ0v) is 17.4. The Morgan fingerprint density at radius 1 is 1.23 bits per heavy atom. The van der Waals surface area contributed by atoms with Crippen LogP contribution in [0.25, 0.3) is 0 Å². The first-order valence-electron chi connectivity index (χ1n) is 10.1. The van der Waals surface area contributed by atoms with E-state index in [1.54, 1.807) is 19.2 Å². The van der Waals surface area contributed by atoms with Gasteiger partial charge in [0.25, 0.3) is 0 Å². The number of hydrogen-bond acceptors (Lipinski definition) is 4. The number of aryl methyl sites for hydroxylation is 1. The highest BCUT2D eigenvalue weighted by Gasteiger charge is 2.31. The van der Waals surface area contributed by atoms with Gasteiger partial charge in [-0.25, -0.2) is 4.39 Å². The third-order valence-electron chi connectivity index (χ3n) is 5.31. The highest BCUT2D eigenvalue weighted by Crippen LogP contribution is 2.21. The number of nitrogens with zero attached hydrogens (tertiary/aromatic N) is 1. The Kier molecular flexibility index (Phi) is 7.41. The number of nitrogens with one attached hydrogen (secondary N) is 2. The largest absolute Gasteiger partial charge is 0.496 e. The van der Waals surface area contributed by atoms with Gasteiger partial charge < -0.3 is 15.4 Å². The van der Waals surface area contributed by atoms with Gasteiger partial charge in [0.15, 0.2) is 0 Å². The lowest BCUT2D eigenvalue weighted by molar-refractivity contribution is -0.134. The van der Waals surface area contributed by atoms with Crippen molar-refractivity contribution in [3.05, 3.63) is 65.0 Å². The molecule has 0 saturated carbocycles. The highest BCUT2D eigenvalue weighted by atomic mass is 19.1. The molecule has 1 heterocycles. The third kappa shape index (κ3) is 5.79. The summed E-state index contributed by atoms with van der Waals surface area (Å²) in [6.45, 7) is 4.26. The van der Waals surface area contributed by atoms with E-state index in [1.165, 1.54) is 12.1 Å². The fourth-order valence-electron chi connectivity index (χ4n) is 3.69. The van der Waals surface area contributed by atoms with E-state index < -0.39 is 6.04 Å². The Morgan fingerprint density at radius 2 is 1.97 bits per heavy atom. The summed E-state index contributed by atoms with van der Waals surface area (Å²) in [6.07, 6.45) is 0.710. The summed E-state index contributed by atoms with van der Waals surface area (Å²) in [5.74, 6) is 0.251. The van der Waals surface area contributed by atoms with Crippen molar-refractivity contribution in [2.75, 3.05) is 26.7 Å². The molecule has 160 valence electrons. The zero-order chi connectivity index (χ0) is 21.5. The summed E-state index contributed by atoms with van der Waals surface area (Å²) < 4.78 is 18.3. The summed E-state index contributed by atoms with van der Waals surface area (Å²) in [7, 11) is 1.64. The van der Waals surface area contributed by atoms with Gasteiger partial charge >= 0.3 is 0 Å². The molecule has 0 bridgehead atoms. The molecule has 0 radical (unpaired) electrons. The van der Waals surface area contributed by atoms with Gasteiger partial charge in [0, 0.05) is 26.2 Å². The maximum Gasteiger partial charge on any atom is 0.237 e. The second kappa shape index (κ2) is 10.2. The van der Waals surface area contributed by atoms with Gasteiger partial charge in [-0.2, -0.15) is 0 Å². The molecule has 0 spiro atoms. The summed E-state index contributed by atoms with van der Waals surface area (Å²) in [4.78, 5) is 26.9. The lowest BCUT2D eigenvalue weighted by atomic mass is 10.0. The van der Waals surface area contributed by atoms with Crippen molar-refractivity contribution in [2.45, 2.75) is 32.4 Å². The summed E-state index contributed by atoms with van der Waals surface area (Å²) in [5.41, 5.74) is 3.06. The van der Waals surface area contributed by atoms with Gasteiger partial charge in [-0.3, -0.25) is 14.5 Å². The normalized spacial score (nSPS) is 16.8. The quantitative estimate of drug-likeness (QED) is 0.696. The fraction of sp³-hybridized carbons (Fsp3) is 0.391. The topological polar surface area (TPSA) is 70.7 Å². The van der Waals surface area contributed by atoms with Crippen molar-refractivity contribution >= 4 is 11.8 Å². The Hall–Kier alpha value is -2.93. The first kappa shape index (κ1) is 21.8. The lowest BCUT2D eigenvalue weighted by Gasteiger charge is -2.34. The van der Waals surface area contributed by atoms with Gasteiger partial charge in [0.1, 0.15) is 11.6 Å². The Bertz CT molecular complexity index is 886. The Morgan fingerprint density at radius 3 is 2.67 bits per heavy atom. The molecule has 1 fully saturated rings. The minimum Gasteiger partial charge on any atom is -0.496 e. The van der Waals surface area contributed by atoms with Crippen molar-refractivity contribution in [3.63, 3.8) is 0 Å². The summed E-state index contributed by atoms with van der Waals surface area (Å²) >= 11 is 0. The first-order valence-corrected chi connectivity index (χ1v) is 10.1. The number of rotatable bonds is 8. The molecular weight excluding hydrogens is 385 g/mol. The molecule has 1 atom stereocenters. The maximum atomic E-state index is 13.0. The van der Waals surface area contributed by atoms with Crippen LogP contribution in [0.1, 0.15) is 23.1 Å². The second-order valence-corrected chi connectivity index (χ2v) is 7.51. The number of halogens is 1. The van der Waals surface area contributed by atoms with Gasteiger partial charge in [-0.1, -0.05) is 24.3 Å². The smallest absolute Gasteiger partial charge is 0.237 e. The molecule has 6 nitrogen and oxygen atoms in total. The average molecular weight is 413 g/mol. The molecule has 7 heteroatoms. The van der Waals surface area contributed by atoms with E-state index in [0.29, 0.717) is 32.6 Å². The minimum absolute atomic E-state index is 0.102. The average Bonchev–Trinajstić information content (AvgIpc) is 2.72. The SMILES string of the molecule is COc1ccc(CN2CCNC(=O)C2CC(=O)NCCc2ccc(F)cc2)cc1C. The molecule has 1 aliphatic heterocycles. The fourth-order valence-corrected chi connectivity index (χ4v) is 3.69. The number of amides is 2. The van der Waals surface area contributed by atoms with E-state index in [-0.39, 0.29) is 24.1 Å². The number of ether oxygens (including phenoxy) is 1. The molecule has 2 N–H and O–H groups in total. The molecule has 2 aromatic rings. The van der Waals surface area contributed by atoms with Crippen molar-refractivity contribution in [1.82, 2.24) is 15.5 Å². The number of hydrogen-bond donors (Lipinski definition) is 2. The Labute approximate surface area is 176 Å². The third-order valence-corrected chi connectivity index (χ3v) is 5.31. The van der Waals surface area contributed by atoms with Crippen LogP contribution in [-0.2, 0) is 22.6 Å². The number of carbonyl (C=O) groups excluding carboxylic acids is 2. The number of carbonyl (C=O) groups is 2. The monoisotopic (exact) mass is 413 g/mol. The van der Waals surface area contributed by atoms with Crippen molar-refractivity contribution in [1.29, 1.82) is 0 Å². The molecule has 2 amide bonds. The lowest BCUT2D eigenvalue weighted by Crippen LogP contribution is -2.56. The molecule has 0 aliphatic carbocycles. The molecule has 0 aromatic heterocycles.